The van der Waals surface area contributed by atoms with Gasteiger partial charge in [-0.2, -0.15) is 0 Å². The third kappa shape index (κ3) is 10.0. The zero-order valence-electron chi connectivity index (χ0n) is 14.2. The van der Waals surface area contributed by atoms with Crippen molar-refractivity contribution in [3.05, 3.63) is 0 Å². The maximum atomic E-state index is 12.0. The second kappa shape index (κ2) is 10.0. The molecule has 0 aromatic rings. The summed E-state index contributed by atoms with van der Waals surface area (Å²) < 4.78 is 9.91. The summed E-state index contributed by atoms with van der Waals surface area (Å²) in [5.74, 6) is -0.702. The van der Waals surface area contributed by atoms with Gasteiger partial charge in [0, 0.05) is 6.54 Å². The lowest BCUT2D eigenvalue weighted by atomic mass is 10.1. The number of ether oxygens (including phenoxy) is 2. The van der Waals surface area contributed by atoms with Crippen LogP contribution in [0.3, 0.4) is 0 Å². The molecule has 0 aromatic heterocycles. The summed E-state index contributed by atoms with van der Waals surface area (Å²) in [6, 6.07) is -0.679. The Balaban J connectivity index is 4.33. The summed E-state index contributed by atoms with van der Waals surface area (Å²) in [7, 11) is 0. The first-order valence-corrected chi connectivity index (χ1v) is 7.62. The first-order valence-electron chi connectivity index (χ1n) is 7.62. The van der Waals surface area contributed by atoms with E-state index in [2.05, 4.69) is 10.6 Å². The van der Waals surface area contributed by atoms with Gasteiger partial charge in [0.1, 0.15) is 11.6 Å². The smallest absolute Gasteiger partial charge is 0.408 e. The van der Waals surface area contributed by atoms with Gasteiger partial charge in [0.25, 0.3) is 0 Å². The van der Waals surface area contributed by atoms with Gasteiger partial charge in [0.05, 0.1) is 13.0 Å². The fraction of sp³-hybridized carbons (Fsp3) is 0.800. The molecule has 0 aliphatic carbocycles. The molecular formula is C15H28N2O5. The number of amides is 2. The van der Waals surface area contributed by atoms with Crippen LogP contribution in [0, 0.1) is 0 Å². The van der Waals surface area contributed by atoms with Crippen LogP contribution < -0.4 is 10.6 Å². The Morgan fingerprint density at radius 1 is 1.14 bits per heavy atom. The van der Waals surface area contributed by atoms with Crippen molar-refractivity contribution in [2.24, 2.45) is 0 Å². The number of carbonyl (C=O) groups excluding carboxylic acids is 3. The van der Waals surface area contributed by atoms with Gasteiger partial charge in [-0.25, -0.2) is 4.79 Å². The molecule has 128 valence electrons. The monoisotopic (exact) mass is 316 g/mol. The van der Waals surface area contributed by atoms with Crippen molar-refractivity contribution in [2.45, 2.75) is 65.5 Å². The number of carbonyl (C=O) groups is 3. The Morgan fingerprint density at radius 3 is 2.27 bits per heavy atom. The third-order valence-electron chi connectivity index (χ3n) is 2.52. The molecule has 0 radical (unpaired) electrons. The summed E-state index contributed by atoms with van der Waals surface area (Å²) in [5.41, 5.74) is -0.624. The van der Waals surface area contributed by atoms with Crippen LogP contribution in [0.15, 0.2) is 0 Å². The molecule has 0 heterocycles. The highest BCUT2D eigenvalue weighted by Gasteiger charge is 2.23. The van der Waals surface area contributed by atoms with Crippen LogP contribution in [0.2, 0.25) is 0 Å². The quantitative estimate of drug-likeness (QED) is 0.665. The van der Waals surface area contributed by atoms with E-state index >= 15 is 0 Å². The van der Waals surface area contributed by atoms with Crippen molar-refractivity contribution in [3.63, 3.8) is 0 Å². The summed E-state index contributed by atoms with van der Waals surface area (Å²) in [4.78, 5) is 35.0. The highest BCUT2D eigenvalue weighted by molar-refractivity contribution is 5.85. The van der Waals surface area contributed by atoms with E-state index in [4.69, 9.17) is 9.47 Å². The predicted octanol–water partition coefficient (Wildman–Crippen LogP) is 1.75. The molecule has 0 fully saturated rings. The van der Waals surface area contributed by atoms with E-state index in [1.165, 1.54) is 0 Å². The molecule has 7 heteroatoms. The van der Waals surface area contributed by atoms with E-state index in [1.807, 2.05) is 6.92 Å². The van der Waals surface area contributed by atoms with Crippen LogP contribution >= 0.6 is 0 Å². The average molecular weight is 316 g/mol. The Kier molecular flexibility index (Phi) is 9.21. The van der Waals surface area contributed by atoms with Crippen LogP contribution in [-0.2, 0) is 19.1 Å². The average Bonchev–Trinajstić information content (AvgIpc) is 2.36. The summed E-state index contributed by atoms with van der Waals surface area (Å²) in [6.07, 6.45) is 0.688. The second-order valence-corrected chi connectivity index (χ2v) is 5.83. The van der Waals surface area contributed by atoms with Crippen molar-refractivity contribution in [1.82, 2.24) is 10.6 Å². The normalized spacial score (nSPS) is 12.2. The second-order valence-electron chi connectivity index (χ2n) is 5.83. The maximum Gasteiger partial charge on any atom is 0.408 e. The Bertz CT molecular complexity index is 377. The van der Waals surface area contributed by atoms with Crippen LogP contribution in [0.1, 0.15) is 53.9 Å². The molecule has 0 aliphatic rings. The van der Waals surface area contributed by atoms with E-state index < -0.39 is 17.7 Å². The van der Waals surface area contributed by atoms with E-state index in [0.717, 1.165) is 6.42 Å². The minimum Gasteiger partial charge on any atom is -0.466 e. The van der Waals surface area contributed by atoms with Crippen LogP contribution in [0.25, 0.3) is 0 Å². The van der Waals surface area contributed by atoms with Crippen molar-refractivity contribution in [1.29, 1.82) is 0 Å². The van der Waals surface area contributed by atoms with Crippen LogP contribution in [-0.4, -0.2) is 42.8 Å². The summed E-state index contributed by atoms with van der Waals surface area (Å²) in [6.45, 7) is 9.37. The van der Waals surface area contributed by atoms with Gasteiger partial charge in [-0.05, 0) is 34.1 Å². The molecule has 0 unspecified atom stereocenters. The highest BCUT2D eigenvalue weighted by Crippen LogP contribution is 2.07. The molecule has 2 N–H and O–H groups in total. The molecule has 7 nitrogen and oxygen atoms in total. The fourth-order valence-corrected chi connectivity index (χ4v) is 1.65. The molecule has 0 rings (SSSR count). The maximum absolute atomic E-state index is 12.0. The van der Waals surface area contributed by atoms with Gasteiger partial charge in [-0.3, -0.25) is 9.59 Å². The van der Waals surface area contributed by atoms with Crippen LogP contribution in [0.5, 0.6) is 0 Å². The Hall–Kier alpha value is -1.79. The minimum absolute atomic E-state index is 0.102. The predicted molar refractivity (Wildman–Crippen MR) is 82.3 cm³/mol. The molecule has 2 amide bonds. The zero-order chi connectivity index (χ0) is 17.2. The highest BCUT2D eigenvalue weighted by atomic mass is 16.6. The van der Waals surface area contributed by atoms with Crippen molar-refractivity contribution >= 4 is 18.0 Å². The minimum atomic E-state index is -0.679. The van der Waals surface area contributed by atoms with Crippen LogP contribution in [0.4, 0.5) is 4.79 Å². The standard InChI is InChI=1S/C15H28N2O5/c1-6-8-11(17-14(20)22-15(3,4)5)13(19)16-10-9-12(18)21-7-2/h11H,6-10H2,1-5H3,(H,16,19)(H,17,20)/t11-/m0/s1. The molecular weight excluding hydrogens is 288 g/mol. The lowest BCUT2D eigenvalue weighted by Crippen LogP contribution is -2.48. The number of rotatable bonds is 8. The molecule has 1 atom stereocenters. The number of hydrogen-bond acceptors (Lipinski definition) is 5. The van der Waals surface area contributed by atoms with Gasteiger partial charge >= 0.3 is 12.1 Å². The number of alkyl carbamates (subject to hydrolysis) is 1. The lowest BCUT2D eigenvalue weighted by Gasteiger charge is -2.23. The van der Waals surface area contributed by atoms with Crippen molar-refractivity contribution in [2.75, 3.05) is 13.2 Å². The van der Waals surface area contributed by atoms with Gasteiger partial charge < -0.3 is 20.1 Å². The SMILES string of the molecule is CCC[C@H](NC(=O)OC(C)(C)C)C(=O)NCCC(=O)OCC. The molecule has 0 spiro atoms. The molecule has 0 saturated heterocycles. The van der Waals surface area contributed by atoms with E-state index in [-0.39, 0.29) is 24.8 Å². The Morgan fingerprint density at radius 2 is 1.77 bits per heavy atom. The first kappa shape index (κ1) is 20.2. The van der Waals surface area contributed by atoms with Crippen molar-refractivity contribution < 1.29 is 23.9 Å². The molecule has 0 bridgehead atoms. The summed E-state index contributed by atoms with van der Waals surface area (Å²) in [5, 5.41) is 5.16. The van der Waals surface area contributed by atoms with Crippen molar-refractivity contribution in [3.8, 4) is 0 Å². The van der Waals surface area contributed by atoms with E-state index in [0.29, 0.717) is 13.0 Å². The van der Waals surface area contributed by atoms with Gasteiger partial charge in [-0.1, -0.05) is 13.3 Å². The molecule has 0 aliphatic heterocycles. The number of nitrogens with one attached hydrogen (secondary N) is 2. The first-order chi connectivity index (χ1) is 10.2. The number of hydrogen-bond donors (Lipinski definition) is 2. The number of esters is 1. The molecule has 22 heavy (non-hydrogen) atoms. The third-order valence-corrected chi connectivity index (χ3v) is 2.52. The Labute approximate surface area is 132 Å². The van der Waals surface area contributed by atoms with Gasteiger partial charge in [-0.15, -0.1) is 0 Å². The molecule has 0 aromatic carbocycles. The van der Waals surface area contributed by atoms with Gasteiger partial charge in [0.2, 0.25) is 5.91 Å². The lowest BCUT2D eigenvalue weighted by molar-refractivity contribution is -0.143. The summed E-state index contributed by atoms with van der Waals surface area (Å²) >= 11 is 0. The molecule has 0 saturated carbocycles. The topological polar surface area (TPSA) is 93.7 Å². The van der Waals surface area contributed by atoms with Gasteiger partial charge in [0.15, 0.2) is 0 Å². The zero-order valence-corrected chi connectivity index (χ0v) is 14.2. The fourth-order valence-electron chi connectivity index (χ4n) is 1.65. The van der Waals surface area contributed by atoms with E-state index in [1.54, 1.807) is 27.7 Å². The van der Waals surface area contributed by atoms with E-state index in [9.17, 15) is 14.4 Å². The largest absolute Gasteiger partial charge is 0.466 e.